The molecule has 1 aliphatic carbocycles. The number of benzene rings is 1. The van der Waals surface area contributed by atoms with Gasteiger partial charge in [0.05, 0.1) is 17.1 Å². The van der Waals surface area contributed by atoms with E-state index in [0.717, 1.165) is 24.2 Å². The van der Waals surface area contributed by atoms with Gasteiger partial charge in [0, 0.05) is 18.2 Å². The number of hydrogen-bond donors (Lipinski definition) is 3. The van der Waals surface area contributed by atoms with Crippen LogP contribution in [0.5, 0.6) is 11.5 Å². The monoisotopic (exact) mass is 345 g/mol. The summed E-state index contributed by atoms with van der Waals surface area (Å²) in [6, 6.07) is 3.41. The molecule has 5 atom stereocenters. The van der Waals surface area contributed by atoms with E-state index in [-0.39, 0.29) is 11.8 Å². The lowest BCUT2D eigenvalue weighted by Gasteiger charge is -2.60. The van der Waals surface area contributed by atoms with Crippen molar-refractivity contribution in [3.05, 3.63) is 35.9 Å². The Bertz CT molecular complexity index is 720. The number of hydrogen-bond acceptors (Lipinski definition) is 5. The van der Waals surface area contributed by atoms with Gasteiger partial charge in [-0.05, 0) is 51.3 Å². The molecule has 2 fully saturated rings. The standard InChI is InChI=1S/C20H27NO4/c1-4-10-21-11-9-19-16-12(2)5-6-14(22)17(16)25-18(19)15(23)7-8-20(19,24)13(21)3/h4-6,13,15,18,22-24H,1,7-11H2,2-3H3/t13-,15?,18+,19+,20-/m1/s1. The Labute approximate surface area is 148 Å². The Morgan fingerprint density at radius 3 is 2.88 bits per heavy atom. The van der Waals surface area contributed by atoms with Crippen molar-refractivity contribution in [2.24, 2.45) is 0 Å². The molecule has 3 aliphatic rings. The van der Waals surface area contributed by atoms with Crippen LogP contribution in [0.1, 0.15) is 37.3 Å². The summed E-state index contributed by atoms with van der Waals surface area (Å²) in [5.74, 6) is 0.522. The minimum Gasteiger partial charge on any atom is -0.504 e. The molecule has 0 aromatic heterocycles. The van der Waals surface area contributed by atoms with Crippen LogP contribution in [0, 0.1) is 6.92 Å². The fourth-order valence-electron chi connectivity index (χ4n) is 5.62. The van der Waals surface area contributed by atoms with Crippen molar-refractivity contribution in [1.29, 1.82) is 0 Å². The maximum Gasteiger partial charge on any atom is 0.165 e. The van der Waals surface area contributed by atoms with Crippen LogP contribution in [0.2, 0.25) is 0 Å². The molecule has 0 amide bonds. The largest absolute Gasteiger partial charge is 0.504 e. The summed E-state index contributed by atoms with van der Waals surface area (Å²) in [7, 11) is 0. The Morgan fingerprint density at radius 2 is 2.16 bits per heavy atom. The van der Waals surface area contributed by atoms with E-state index in [9.17, 15) is 15.3 Å². The molecular formula is C20H27NO4. The van der Waals surface area contributed by atoms with Crippen LogP contribution in [-0.2, 0) is 5.41 Å². The van der Waals surface area contributed by atoms with Crippen molar-refractivity contribution < 1.29 is 20.1 Å². The van der Waals surface area contributed by atoms with E-state index in [1.165, 1.54) is 0 Å². The predicted octanol–water partition coefficient (Wildman–Crippen LogP) is 1.87. The number of phenolic OH excluding ortho intramolecular Hbond substituents is 1. The van der Waals surface area contributed by atoms with Crippen molar-refractivity contribution in [2.75, 3.05) is 13.1 Å². The number of aromatic hydroxyl groups is 1. The summed E-state index contributed by atoms with van der Waals surface area (Å²) in [4.78, 5) is 2.24. The topological polar surface area (TPSA) is 73.2 Å². The maximum atomic E-state index is 11.9. The predicted molar refractivity (Wildman–Crippen MR) is 95.0 cm³/mol. The van der Waals surface area contributed by atoms with Gasteiger partial charge in [-0.25, -0.2) is 0 Å². The number of fused-ring (bicyclic) bond motifs is 1. The average Bonchev–Trinajstić information content (AvgIpc) is 2.95. The van der Waals surface area contributed by atoms with E-state index in [0.29, 0.717) is 25.0 Å². The molecule has 4 rings (SSSR count). The van der Waals surface area contributed by atoms with E-state index < -0.39 is 23.2 Å². The molecule has 0 radical (unpaired) electrons. The number of ether oxygens (including phenoxy) is 1. The van der Waals surface area contributed by atoms with Crippen LogP contribution in [0.4, 0.5) is 0 Å². The minimum atomic E-state index is -1.03. The van der Waals surface area contributed by atoms with Gasteiger partial charge in [-0.15, -0.1) is 6.58 Å². The maximum absolute atomic E-state index is 11.9. The highest BCUT2D eigenvalue weighted by atomic mass is 16.5. The van der Waals surface area contributed by atoms with Gasteiger partial charge in [-0.1, -0.05) is 12.1 Å². The fourth-order valence-corrected chi connectivity index (χ4v) is 5.62. The Balaban J connectivity index is 1.93. The SMILES string of the molecule is C=CCN1CC[C@]23c4c(C)ccc(O)c4O[C@H]2C(O)CC[C@@]3(O)[C@H]1C. The zero-order valence-corrected chi connectivity index (χ0v) is 14.9. The zero-order valence-electron chi connectivity index (χ0n) is 14.9. The van der Waals surface area contributed by atoms with Crippen LogP contribution < -0.4 is 4.74 Å². The van der Waals surface area contributed by atoms with E-state index >= 15 is 0 Å². The third-order valence-corrected chi connectivity index (χ3v) is 6.86. The summed E-state index contributed by atoms with van der Waals surface area (Å²) in [6.45, 7) is 9.38. The summed E-state index contributed by atoms with van der Waals surface area (Å²) < 4.78 is 6.11. The lowest BCUT2D eigenvalue weighted by Crippen LogP contribution is -2.74. The van der Waals surface area contributed by atoms with Crippen molar-refractivity contribution in [3.63, 3.8) is 0 Å². The third kappa shape index (κ3) is 1.94. The highest BCUT2D eigenvalue weighted by Crippen LogP contribution is 2.62. The molecule has 1 spiro atoms. The number of aryl methyl sites for hydroxylation is 1. The first-order valence-electron chi connectivity index (χ1n) is 9.12. The van der Waals surface area contributed by atoms with Crippen LogP contribution >= 0.6 is 0 Å². The number of phenols is 1. The fraction of sp³-hybridized carbons (Fsp3) is 0.600. The van der Waals surface area contributed by atoms with Crippen LogP contribution in [0.25, 0.3) is 0 Å². The molecular weight excluding hydrogens is 318 g/mol. The summed E-state index contributed by atoms with van der Waals surface area (Å²) in [6.07, 6.45) is 2.37. The second-order valence-electron chi connectivity index (χ2n) is 7.86. The quantitative estimate of drug-likeness (QED) is 0.714. The molecule has 1 unspecified atom stereocenters. The van der Waals surface area contributed by atoms with E-state index in [4.69, 9.17) is 4.74 Å². The number of aliphatic hydroxyl groups excluding tert-OH is 1. The molecule has 1 aromatic carbocycles. The number of rotatable bonds is 2. The first-order valence-corrected chi connectivity index (χ1v) is 9.12. The molecule has 1 saturated carbocycles. The van der Waals surface area contributed by atoms with E-state index in [1.807, 2.05) is 19.1 Å². The molecule has 5 heteroatoms. The van der Waals surface area contributed by atoms with Crippen LogP contribution in [0.15, 0.2) is 24.8 Å². The van der Waals surface area contributed by atoms with Crippen molar-refractivity contribution in [3.8, 4) is 11.5 Å². The molecule has 3 N–H and O–H groups in total. The Morgan fingerprint density at radius 1 is 1.40 bits per heavy atom. The number of aliphatic hydroxyl groups is 2. The number of nitrogens with zero attached hydrogens (tertiary/aromatic N) is 1. The molecule has 2 aliphatic heterocycles. The zero-order chi connectivity index (χ0) is 18.0. The van der Waals surface area contributed by atoms with Gasteiger partial charge in [-0.2, -0.15) is 0 Å². The first-order chi connectivity index (χ1) is 11.9. The third-order valence-electron chi connectivity index (χ3n) is 6.86. The van der Waals surface area contributed by atoms with Gasteiger partial charge in [-0.3, -0.25) is 4.90 Å². The normalized spacial score (nSPS) is 39.9. The van der Waals surface area contributed by atoms with Gasteiger partial charge < -0.3 is 20.1 Å². The molecule has 0 bridgehead atoms. The smallest absolute Gasteiger partial charge is 0.165 e. The lowest BCUT2D eigenvalue weighted by molar-refractivity contribution is -0.198. The molecule has 136 valence electrons. The number of likely N-dealkylation sites (tertiary alicyclic amines) is 1. The first kappa shape index (κ1) is 16.9. The highest BCUT2D eigenvalue weighted by Gasteiger charge is 2.70. The average molecular weight is 345 g/mol. The molecule has 1 aromatic rings. The summed E-state index contributed by atoms with van der Waals surface area (Å²) in [5, 5.41) is 33.0. The second-order valence-corrected chi connectivity index (χ2v) is 7.86. The van der Waals surface area contributed by atoms with Gasteiger partial charge in [0.15, 0.2) is 11.5 Å². The highest BCUT2D eigenvalue weighted by molar-refractivity contribution is 5.60. The van der Waals surface area contributed by atoms with E-state index in [1.54, 1.807) is 6.07 Å². The van der Waals surface area contributed by atoms with Crippen molar-refractivity contribution in [2.45, 2.75) is 62.4 Å². The summed E-state index contributed by atoms with van der Waals surface area (Å²) in [5.41, 5.74) is 0.151. The van der Waals surface area contributed by atoms with Gasteiger partial charge >= 0.3 is 0 Å². The summed E-state index contributed by atoms with van der Waals surface area (Å²) >= 11 is 0. The molecule has 2 heterocycles. The molecule has 1 saturated heterocycles. The molecule has 25 heavy (non-hydrogen) atoms. The second kappa shape index (κ2) is 5.47. The molecule has 5 nitrogen and oxygen atoms in total. The Hall–Kier alpha value is -1.56. The number of piperidine rings is 1. The van der Waals surface area contributed by atoms with Gasteiger partial charge in [0.2, 0.25) is 0 Å². The van der Waals surface area contributed by atoms with Crippen LogP contribution in [-0.4, -0.2) is 57.2 Å². The minimum absolute atomic E-state index is 0.0834. The van der Waals surface area contributed by atoms with Gasteiger partial charge in [0.25, 0.3) is 0 Å². The Kier molecular flexibility index (Phi) is 3.69. The lowest BCUT2D eigenvalue weighted by atomic mass is 9.52. The van der Waals surface area contributed by atoms with Crippen LogP contribution in [0.3, 0.4) is 0 Å². The van der Waals surface area contributed by atoms with Crippen molar-refractivity contribution in [1.82, 2.24) is 4.90 Å². The van der Waals surface area contributed by atoms with E-state index in [2.05, 4.69) is 18.4 Å². The van der Waals surface area contributed by atoms with Gasteiger partial charge in [0.1, 0.15) is 6.10 Å². The van der Waals surface area contributed by atoms with Crippen molar-refractivity contribution >= 4 is 0 Å².